The van der Waals surface area contributed by atoms with E-state index < -0.39 is 0 Å². The molecule has 1 aromatic rings. The number of benzene rings is 1. The highest BCUT2D eigenvalue weighted by molar-refractivity contribution is 6.30. The Hall–Kier alpha value is -1.55. The molecule has 4 nitrogen and oxygen atoms in total. The average Bonchev–Trinajstić information content (AvgIpc) is 3.22. The van der Waals surface area contributed by atoms with Crippen LogP contribution < -0.4 is 0 Å². The first-order valence-electron chi connectivity index (χ1n) is 10.9. The van der Waals surface area contributed by atoms with Gasteiger partial charge < -0.3 is 9.80 Å². The first-order chi connectivity index (χ1) is 13.6. The molecule has 5 heteroatoms. The van der Waals surface area contributed by atoms with E-state index in [0.717, 1.165) is 83.1 Å². The Balaban J connectivity index is 1.37. The van der Waals surface area contributed by atoms with E-state index in [1.165, 1.54) is 0 Å². The van der Waals surface area contributed by atoms with Crippen molar-refractivity contribution in [1.29, 1.82) is 0 Å². The van der Waals surface area contributed by atoms with Gasteiger partial charge in [0.25, 0.3) is 0 Å². The highest BCUT2D eigenvalue weighted by atomic mass is 35.5. The lowest BCUT2D eigenvalue weighted by Gasteiger charge is -2.46. The maximum Gasteiger partial charge on any atom is 0.233 e. The summed E-state index contributed by atoms with van der Waals surface area (Å²) in [6.45, 7) is 3.52. The van der Waals surface area contributed by atoms with Gasteiger partial charge in [0.1, 0.15) is 0 Å². The van der Waals surface area contributed by atoms with Crippen molar-refractivity contribution in [2.75, 3.05) is 26.2 Å². The van der Waals surface area contributed by atoms with Gasteiger partial charge in [-0.3, -0.25) is 9.59 Å². The van der Waals surface area contributed by atoms with Crippen molar-refractivity contribution in [3.63, 3.8) is 0 Å². The molecule has 0 aromatic heterocycles. The van der Waals surface area contributed by atoms with Gasteiger partial charge in [-0.25, -0.2) is 0 Å². The summed E-state index contributed by atoms with van der Waals surface area (Å²) in [5.41, 5.74) is 0.761. The lowest BCUT2D eigenvalue weighted by molar-refractivity contribution is -0.143. The Kier molecular flexibility index (Phi) is 5.96. The summed E-state index contributed by atoms with van der Waals surface area (Å²) in [6.07, 6.45) is 8.98. The minimum atomic E-state index is -0.349. The van der Waals surface area contributed by atoms with E-state index >= 15 is 0 Å². The van der Waals surface area contributed by atoms with E-state index in [9.17, 15) is 9.59 Å². The number of likely N-dealkylation sites (tertiary alicyclic amines) is 2. The minimum Gasteiger partial charge on any atom is -0.343 e. The van der Waals surface area contributed by atoms with Gasteiger partial charge >= 0.3 is 0 Å². The van der Waals surface area contributed by atoms with Crippen molar-refractivity contribution in [1.82, 2.24) is 9.80 Å². The van der Waals surface area contributed by atoms with Crippen LogP contribution in [-0.2, 0) is 15.0 Å². The van der Waals surface area contributed by atoms with Crippen molar-refractivity contribution in [2.24, 2.45) is 5.92 Å². The summed E-state index contributed by atoms with van der Waals surface area (Å²) in [5, 5.41) is 0.714. The monoisotopic (exact) mass is 402 g/mol. The summed E-state index contributed by atoms with van der Waals surface area (Å²) in [6, 6.07) is 7.84. The normalized spacial score (nSPS) is 24.1. The fourth-order valence-corrected chi connectivity index (χ4v) is 5.29. The molecule has 1 saturated carbocycles. The molecule has 2 saturated heterocycles. The zero-order valence-electron chi connectivity index (χ0n) is 16.7. The van der Waals surface area contributed by atoms with Crippen LogP contribution in [0, 0.1) is 5.92 Å². The maximum atomic E-state index is 13.5. The minimum absolute atomic E-state index is 0.289. The first-order valence-corrected chi connectivity index (χ1v) is 11.3. The van der Waals surface area contributed by atoms with Crippen LogP contribution in [0.25, 0.3) is 0 Å². The molecular weight excluding hydrogens is 372 g/mol. The molecule has 3 aliphatic rings. The molecule has 0 N–H and O–H groups in total. The third-order valence-corrected chi connectivity index (χ3v) is 7.30. The predicted molar refractivity (Wildman–Crippen MR) is 111 cm³/mol. The highest BCUT2D eigenvalue weighted by Crippen LogP contribution is 2.46. The molecule has 1 atom stereocenters. The summed E-state index contributed by atoms with van der Waals surface area (Å²) >= 11 is 6.05. The Bertz CT molecular complexity index is 708. The van der Waals surface area contributed by atoms with Crippen LogP contribution in [0.5, 0.6) is 0 Å². The highest BCUT2D eigenvalue weighted by Gasteiger charge is 2.48. The Morgan fingerprint density at radius 3 is 2.29 bits per heavy atom. The lowest BCUT2D eigenvalue weighted by atomic mass is 9.63. The largest absolute Gasteiger partial charge is 0.343 e. The van der Waals surface area contributed by atoms with Crippen LogP contribution in [0.3, 0.4) is 0 Å². The number of hydrogen-bond acceptors (Lipinski definition) is 2. The Labute approximate surface area is 173 Å². The molecule has 1 aliphatic carbocycles. The van der Waals surface area contributed by atoms with Gasteiger partial charge in [-0.15, -0.1) is 0 Å². The van der Waals surface area contributed by atoms with Crippen LogP contribution in [0.15, 0.2) is 24.3 Å². The second-order valence-electron chi connectivity index (χ2n) is 8.83. The molecule has 4 rings (SSSR count). The van der Waals surface area contributed by atoms with E-state index in [4.69, 9.17) is 11.6 Å². The molecule has 28 heavy (non-hydrogen) atoms. The summed E-state index contributed by atoms with van der Waals surface area (Å²) in [4.78, 5) is 30.0. The SMILES string of the molecule is O=C(CC[C@H]1CCCN(C(=O)C2(c3ccc(Cl)cc3)CCC2)C1)N1CCCC1. The van der Waals surface area contributed by atoms with Crippen LogP contribution in [0.4, 0.5) is 0 Å². The quantitative estimate of drug-likeness (QED) is 0.732. The second-order valence-corrected chi connectivity index (χ2v) is 9.26. The number of hydrogen-bond donors (Lipinski definition) is 0. The molecule has 0 spiro atoms. The summed E-state index contributed by atoms with van der Waals surface area (Å²) < 4.78 is 0. The molecule has 152 valence electrons. The number of carbonyl (C=O) groups is 2. The van der Waals surface area contributed by atoms with E-state index in [-0.39, 0.29) is 11.3 Å². The van der Waals surface area contributed by atoms with E-state index in [1.54, 1.807) is 0 Å². The molecule has 0 radical (unpaired) electrons. The number of halogens is 1. The number of amides is 2. The van der Waals surface area contributed by atoms with Crippen molar-refractivity contribution in [3.8, 4) is 0 Å². The van der Waals surface area contributed by atoms with Crippen LogP contribution in [0.1, 0.15) is 63.4 Å². The van der Waals surface area contributed by atoms with E-state index in [2.05, 4.69) is 4.90 Å². The maximum absolute atomic E-state index is 13.5. The number of rotatable bonds is 5. The molecule has 0 unspecified atom stereocenters. The molecule has 2 amide bonds. The Morgan fingerprint density at radius 2 is 1.64 bits per heavy atom. The zero-order chi connectivity index (χ0) is 19.6. The van der Waals surface area contributed by atoms with E-state index in [0.29, 0.717) is 23.3 Å². The van der Waals surface area contributed by atoms with Gasteiger partial charge in [-0.05, 0) is 68.6 Å². The van der Waals surface area contributed by atoms with Gasteiger partial charge in [-0.1, -0.05) is 30.2 Å². The molecule has 0 bridgehead atoms. The van der Waals surface area contributed by atoms with Crippen molar-refractivity contribution in [2.45, 2.75) is 63.2 Å². The van der Waals surface area contributed by atoms with Crippen LogP contribution in [-0.4, -0.2) is 47.8 Å². The second kappa shape index (κ2) is 8.44. The molecular formula is C23H31ClN2O2. The van der Waals surface area contributed by atoms with Crippen molar-refractivity contribution < 1.29 is 9.59 Å². The van der Waals surface area contributed by atoms with Gasteiger partial charge in [0.2, 0.25) is 11.8 Å². The van der Waals surface area contributed by atoms with Crippen molar-refractivity contribution >= 4 is 23.4 Å². The van der Waals surface area contributed by atoms with Crippen LogP contribution in [0.2, 0.25) is 5.02 Å². The van der Waals surface area contributed by atoms with Gasteiger partial charge in [-0.2, -0.15) is 0 Å². The van der Waals surface area contributed by atoms with Crippen LogP contribution >= 0.6 is 11.6 Å². The fourth-order valence-electron chi connectivity index (χ4n) is 5.17. The third kappa shape index (κ3) is 3.94. The fraction of sp³-hybridized carbons (Fsp3) is 0.652. The standard InChI is InChI=1S/C23H31ClN2O2/c24-20-9-7-19(8-10-20)23(12-4-13-23)22(28)26-16-3-5-18(17-26)6-11-21(27)25-14-1-2-15-25/h7-10,18H,1-6,11-17H2/t18-/m1/s1. The first kappa shape index (κ1) is 19.8. The number of piperidine rings is 1. The topological polar surface area (TPSA) is 40.6 Å². The van der Waals surface area contributed by atoms with Crippen molar-refractivity contribution in [3.05, 3.63) is 34.9 Å². The zero-order valence-corrected chi connectivity index (χ0v) is 17.4. The number of nitrogens with zero attached hydrogens (tertiary/aromatic N) is 2. The molecule has 1 aromatic carbocycles. The lowest BCUT2D eigenvalue weighted by Crippen LogP contribution is -2.53. The number of carbonyl (C=O) groups excluding carboxylic acids is 2. The Morgan fingerprint density at radius 1 is 0.964 bits per heavy atom. The third-order valence-electron chi connectivity index (χ3n) is 7.04. The average molecular weight is 403 g/mol. The summed E-state index contributed by atoms with van der Waals surface area (Å²) in [7, 11) is 0. The summed E-state index contributed by atoms with van der Waals surface area (Å²) in [5.74, 6) is 1.04. The molecule has 3 fully saturated rings. The van der Waals surface area contributed by atoms with E-state index in [1.807, 2.05) is 29.2 Å². The molecule has 2 aliphatic heterocycles. The molecule has 2 heterocycles. The van der Waals surface area contributed by atoms with Gasteiger partial charge in [0.15, 0.2) is 0 Å². The smallest absolute Gasteiger partial charge is 0.233 e. The predicted octanol–water partition coefficient (Wildman–Crippen LogP) is 4.40. The van der Waals surface area contributed by atoms with Gasteiger partial charge in [0.05, 0.1) is 5.41 Å². The van der Waals surface area contributed by atoms with Gasteiger partial charge in [0, 0.05) is 37.6 Å².